The molecule has 2 amide bonds. The first-order valence-corrected chi connectivity index (χ1v) is 11.8. The molecule has 0 saturated carbocycles. The Morgan fingerprint density at radius 3 is 2.54 bits per heavy atom. The van der Waals surface area contributed by atoms with Crippen molar-refractivity contribution < 1.29 is 9.59 Å². The van der Waals surface area contributed by atoms with E-state index in [-0.39, 0.29) is 17.9 Å². The Labute approximate surface area is 165 Å². The number of thioether (sulfide) groups is 2. The Hall–Kier alpha value is -1.14. The molecule has 1 aromatic carbocycles. The third kappa shape index (κ3) is 5.19. The second kappa shape index (κ2) is 9.70. The number of amides is 2. The molecular weight excluding hydrogens is 364 g/mol. The number of benzene rings is 1. The number of nitrogens with zero attached hydrogens (tertiary/aromatic N) is 2. The molecule has 142 valence electrons. The average Bonchev–Trinajstić information content (AvgIpc) is 3.16. The second-order valence-electron chi connectivity index (χ2n) is 7.01. The molecule has 0 N–H and O–H groups in total. The van der Waals surface area contributed by atoms with E-state index < -0.39 is 0 Å². The zero-order chi connectivity index (χ0) is 18.4. The van der Waals surface area contributed by atoms with Crippen LogP contribution in [0.2, 0.25) is 0 Å². The van der Waals surface area contributed by atoms with Crippen molar-refractivity contribution >= 4 is 35.3 Å². The fourth-order valence-corrected chi connectivity index (χ4v) is 5.47. The summed E-state index contributed by atoms with van der Waals surface area (Å²) in [6, 6.07) is 8.36. The molecular formula is C20H28N2O2S2. The summed E-state index contributed by atoms with van der Waals surface area (Å²) in [6.07, 6.45) is 3.45. The first kappa shape index (κ1) is 19.6. The molecule has 1 aromatic rings. The predicted octanol–water partition coefficient (Wildman–Crippen LogP) is 3.18. The molecule has 0 radical (unpaired) electrons. The average molecular weight is 393 g/mol. The number of aryl methyl sites for hydroxylation is 2. The number of rotatable bonds is 6. The Bertz CT molecular complexity index is 615. The lowest BCUT2D eigenvalue weighted by Crippen LogP contribution is -2.51. The smallest absolute Gasteiger partial charge is 0.246 e. The van der Waals surface area contributed by atoms with Gasteiger partial charge in [0, 0.05) is 36.8 Å². The first-order chi connectivity index (χ1) is 12.6. The number of carbonyl (C=O) groups is 2. The number of hydrogen-bond acceptors (Lipinski definition) is 4. The van der Waals surface area contributed by atoms with Gasteiger partial charge in [0.1, 0.15) is 6.04 Å². The van der Waals surface area contributed by atoms with Crippen LogP contribution in [-0.4, -0.2) is 63.9 Å². The van der Waals surface area contributed by atoms with Gasteiger partial charge in [-0.1, -0.05) is 29.8 Å². The summed E-state index contributed by atoms with van der Waals surface area (Å²) in [5, 5.41) is 0. The quantitative estimate of drug-likeness (QED) is 0.697. The maximum atomic E-state index is 12.8. The maximum absolute atomic E-state index is 12.8. The van der Waals surface area contributed by atoms with Crippen molar-refractivity contribution in [1.82, 2.24) is 9.80 Å². The molecule has 2 saturated heterocycles. The van der Waals surface area contributed by atoms with E-state index in [9.17, 15) is 9.59 Å². The molecule has 2 aliphatic heterocycles. The van der Waals surface area contributed by atoms with Crippen LogP contribution in [0.15, 0.2) is 24.3 Å². The van der Waals surface area contributed by atoms with Crippen LogP contribution in [-0.2, 0) is 16.0 Å². The highest BCUT2D eigenvalue weighted by atomic mass is 32.2. The van der Waals surface area contributed by atoms with Crippen LogP contribution in [0, 0.1) is 6.92 Å². The fraction of sp³-hybridized carbons (Fsp3) is 0.600. The van der Waals surface area contributed by atoms with Crippen molar-refractivity contribution in [3.05, 3.63) is 35.4 Å². The largest absolute Gasteiger partial charge is 0.339 e. The van der Waals surface area contributed by atoms with Gasteiger partial charge in [-0.05, 0) is 31.7 Å². The highest BCUT2D eigenvalue weighted by Crippen LogP contribution is 2.25. The van der Waals surface area contributed by atoms with Gasteiger partial charge < -0.3 is 9.80 Å². The Kier molecular flexibility index (Phi) is 7.32. The zero-order valence-corrected chi connectivity index (χ0v) is 17.1. The van der Waals surface area contributed by atoms with Gasteiger partial charge in [0.2, 0.25) is 11.8 Å². The number of hydrogen-bond donors (Lipinski definition) is 0. The maximum Gasteiger partial charge on any atom is 0.246 e. The summed E-state index contributed by atoms with van der Waals surface area (Å²) in [4.78, 5) is 29.2. The van der Waals surface area contributed by atoms with Crippen LogP contribution in [0.1, 0.15) is 30.4 Å². The molecule has 6 heteroatoms. The van der Waals surface area contributed by atoms with Gasteiger partial charge in [0.15, 0.2) is 0 Å². The van der Waals surface area contributed by atoms with Crippen molar-refractivity contribution in [2.75, 3.05) is 36.2 Å². The zero-order valence-electron chi connectivity index (χ0n) is 15.5. The summed E-state index contributed by atoms with van der Waals surface area (Å²) in [6.45, 7) is 3.74. The van der Waals surface area contributed by atoms with E-state index in [0.717, 1.165) is 49.6 Å². The molecule has 26 heavy (non-hydrogen) atoms. The second-order valence-corrected chi connectivity index (χ2v) is 9.23. The van der Waals surface area contributed by atoms with Gasteiger partial charge in [-0.2, -0.15) is 11.8 Å². The van der Waals surface area contributed by atoms with Gasteiger partial charge in [0.25, 0.3) is 0 Å². The Morgan fingerprint density at radius 2 is 1.81 bits per heavy atom. The Balaban J connectivity index is 1.44. The van der Waals surface area contributed by atoms with Gasteiger partial charge in [-0.15, -0.1) is 11.8 Å². The molecule has 2 heterocycles. The lowest BCUT2D eigenvalue weighted by Gasteiger charge is -2.32. The molecule has 0 spiro atoms. The minimum Gasteiger partial charge on any atom is -0.339 e. The Morgan fingerprint density at radius 1 is 1.08 bits per heavy atom. The first-order valence-electron chi connectivity index (χ1n) is 9.44. The van der Waals surface area contributed by atoms with Crippen LogP contribution in [0.3, 0.4) is 0 Å². The minimum atomic E-state index is -0.243. The molecule has 0 aliphatic carbocycles. The van der Waals surface area contributed by atoms with Crippen LogP contribution in [0.25, 0.3) is 0 Å². The summed E-state index contributed by atoms with van der Waals surface area (Å²) >= 11 is 3.60. The summed E-state index contributed by atoms with van der Waals surface area (Å²) < 4.78 is 0. The molecule has 0 bridgehead atoms. The number of carbonyl (C=O) groups excluding carboxylic acids is 2. The van der Waals surface area contributed by atoms with E-state index >= 15 is 0 Å². The van der Waals surface area contributed by atoms with Crippen LogP contribution < -0.4 is 0 Å². The van der Waals surface area contributed by atoms with Gasteiger partial charge in [-0.3, -0.25) is 9.59 Å². The van der Waals surface area contributed by atoms with Crippen molar-refractivity contribution in [2.24, 2.45) is 0 Å². The van der Waals surface area contributed by atoms with Gasteiger partial charge >= 0.3 is 0 Å². The van der Waals surface area contributed by atoms with Crippen molar-refractivity contribution in [2.45, 2.75) is 38.6 Å². The molecule has 3 rings (SSSR count). The summed E-state index contributed by atoms with van der Waals surface area (Å²) in [5.41, 5.74) is 2.61. The lowest BCUT2D eigenvalue weighted by atomic mass is 10.1. The summed E-state index contributed by atoms with van der Waals surface area (Å²) in [7, 11) is 0. The standard InChI is InChI=1S/C20H28N2O2S2/c1-16-6-8-17(9-7-16)4-2-3-5-19(23)22-15-26-14-18(22)20(24)21-10-12-25-13-11-21/h6-9,18H,2-5,10-15H2,1H3. The highest BCUT2D eigenvalue weighted by Gasteiger charge is 2.36. The molecule has 4 nitrogen and oxygen atoms in total. The van der Waals surface area contributed by atoms with E-state index in [0.29, 0.717) is 12.3 Å². The van der Waals surface area contributed by atoms with Crippen LogP contribution >= 0.6 is 23.5 Å². The lowest BCUT2D eigenvalue weighted by molar-refractivity contribution is -0.143. The normalized spacial score (nSPS) is 20.4. The van der Waals surface area contributed by atoms with E-state index in [1.807, 2.05) is 21.6 Å². The van der Waals surface area contributed by atoms with Crippen LogP contribution in [0.4, 0.5) is 0 Å². The third-order valence-electron chi connectivity index (χ3n) is 5.04. The third-order valence-corrected chi connectivity index (χ3v) is 6.99. The van der Waals surface area contributed by atoms with Gasteiger partial charge in [0.05, 0.1) is 5.88 Å². The van der Waals surface area contributed by atoms with Gasteiger partial charge in [-0.25, -0.2) is 0 Å². The molecule has 2 aliphatic rings. The highest BCUT2D eigenvalue weighted by molar-refractivity contribution is 7.99. The number of unbranched alkanes of at least 4 members (excludes halogenated alkanes) is 1. The van der Waals surface area contributed by atoms with E-state index in [1.165, 1.54) is 11.1 Å². The summed E-state index contributed by atoms with van der Waals surface area (Å²) in [5.74, 6) is 3.73. The molecule has 0 aromatic heterocycles. The van der Waals surface area contributed by atoms with Crippen molar-refractivity contribution in [3.63, 3.8) is 0 Å². The predicted molar refractivity (Wildman–Crippen MR) is 111 cm³/mol. The van der Waals surface area contributed by atoms with Crippen molar-refractivity contribution in [3.8, 4) is 0 Å². The fourth-order valence-electron chi connectivity index (χ4n) is 3.39. The minimum absolute atomic E-state index is 0.142. The van der Waals surface area contributed by atoms with E-state index in [4.69, 9.17) is 0 Å². The SMILES string of the molecule is Cc1ccc(CCCCC(=O)N2CSCC2C(=O)N2CCSCC2)cc1. The van der Waals surface area contributed by atoms with E-state index in [2.05, 4.69) is 31.2 Å². The van der Waals surface area contributed by atoms with Crippen molar-refractivity contribution in [1.29, 1.82) is 0 Å². The molecule has 1 unspecified atom stereocenters. The monoisotopic (exact) mass is 392 g/mol. The molecule has 2 fully saturated rings. The van der Waals surface area contributed by atoms with E-state index in [1.54, 1.807) is 11.8 Å². The van der Waals surface area contributed by atoms with Crippen LogP contribution in [0.5, 0.6) is 0 Å². The molecule has 1 atom stereocenters. The topological polar surface area (TPSA) is 40.6 Å².